The number of carbonyl (C=O) groups excluding carboxylic acids is 1. The highest BCUT2D eigenvalue weighted by Crippen LogP contribution is 1.96. The largest absolute Gasteiger partial charge is 0.343 e. The Hall–Kier alpha value is -0.530. The predicted octanol–water partition coefficient (Wildman–Crippen LogP) is 1.43. The van der Waals surface area contributed by atoms with Crippen LogP contribution in [-0.4, -0.2) is 23.9 Å². The van der Waals surface area contributed by atoms with Crippen molar-refractivity contribution >= 4 is 5.91 Å². The minimum absolute atomic E-state index is 0.126. The third kappa shape index (κ3) is 4.02. The van der Waals surface area contributed by atoms with Gasteiger partial charge in [-0.05, 0) is 26.7 Å². The van der Waals surface area contributed by atoms with Gasteiger partial charge in [0.2, 0.25) is 5.91 Å². The molecule has 1 amide bonds. The van der Waals surface area contributed by atoms with E-state index in [1.165, 1.54) is 0 Å². The van der Waals surface area contributed by atoms with Crippen molar-refractivity contribution in [2.75, 3.05) is 13.1 Å². The fourth-order valence-electron chi connectivity index (χ4n) is 0.896. The Balaban J connectivity index is 3.76. The quantitative estimate of drug-likeness (QED) is 0.585. The average molecular weight is 153 g/mol. The molecule has 0 aliphatic rings. The molecule has 0 bridgehead atoms. The average Bonchev–Trinajstić information content (AvgIpc) is 2.03. The molecule has 0 aromatic rings. The van der Waals surface area contributed by atoms with Crippen molar-refractivity contribution in [3.8, 4) is 0 Å². The van der Waals surface area contributed by atoms with Gasteiger partial charge in [0.05, 0.1) is 0 Å². The summed E-state index contributed by atoms with van der Waals surface area (Å²) in [7, 11) is 0. The van der Waals surface area contributed by atoms with E-state index >= 15 is 0 Å². The van der Waals surface area contributed by atoms with Gasteiger partial charge in [0.1, 0.15) is 0 Å². The van der Waals surface area contributed by atoms with Gasteiger partial charge in [-0.15, -0.1) is 0 Å². The van der Waals surface area contributed by atoms with Crippen LogP contribution in [0.1, 0.15) is 26.2 Å². The first kappa shape index (κ1) is 10.5. The number of carbonyl (C=O) groups is 1. The minimum Gasteiger partial charge on any atom is -0.343 e. The number of rotatable bonds is 5. The van der Waals surface area contributed by atoms with Gasteiger partial charge in [-0.2, -0.15) is 0 Å². The lowest BCUT2D eigenvalue weighted by atomic mass is 10.3. The Bertz CT molecular complexity index is 106. The van der Waals surface area contributed by atoms with E-state index in [4.69, 9.17) is 13.8 Å². The summed E-state index contributed by atoms with van der Waals surface area (Å²) in [6.45, 7) is 13.7. The van der Waals surface area contributed by atoms with Gasteiger partial charge in [-0.25, -0.2) is 0 Å². The highest BCUT2D eigenvalue weighted by molar-refractivity contribution is 5.75. The third-order valence-electron chi connectivity index (χ3n) is 1.45. The van der Waals surface area contributed by atoms with Crippen LogP contribution >= 0.6 is 0 Å². The molecule has 0 N–H and O–H groups in total. The molecule has 0 aromatic heterocycles. The van der Waals surface area contributed by atoms with Crippen molar-refractivity contribution in [3.63, 3.8) is 0 Å². The highest BCUT2D eigenvalue weighted by atomic mass is 16.2. The molecule has 0 heterocycles. The maximum Gasteiger partial charge on any atom is 0.222 e. The van der Waals surface area contributed by atoms with Crippen molar-refractivity contribution < 1.29 is 4.79 Å². The lowest BCUT2D eigenvalue weighted by Gasteiger charge is -2.20. The van der Waals surface area contributed by atoms with Crippen LogP contribution in [0.15, 0.2) is 0 Å². The summed E-state index contributed by atoms with van der Waals surface area (Å²) in [6, 6.07) is 0. The van der Waals surface area contributed by atoms with E-state index in [0.717, 1.165) is 0 Å². The number of hydrogen-bond acceptors (Lipinski definition) is 1. The monoisotopic (exact) mass is 153 g/mol. The Kier molecular flexibility index (Phi) is 5.90. The third-order valence-corrected chi connectivity index (χ3v) is 1.45. The van der Waals surface area contributed by atoms with Crippen LogP contribution in [0, 0.1) is 13.8 Å². The van der Waals surface area contributed by atoms with Crippen LogP contribution in [0.4, 0.5) is 0 Å². The van der Waals surface area contributed by atoms with E-state index in [-0.39, 0.29) is 5.91 Å². The first-order valence-corrected chi connectivity index (χ1v) is 3.94. The zero-order valence-corrected chi connectivity index (χ0v) is 7.05. The summed E-state index contributed by atoms with van der Waals surface area (Å²) < 4.78 is 0. The molecule has 2 nitrogen and oxygen atoms in total. The van der Waals surface area contributed by atoms with E-state index < -0.39 is 0 Å². The molecule has 62 valence electrons. The Labute approximate surface area is 69.6 Å². The summed E-state index contributed by atoms with van der Waals surface area (Å²) in [5, 5.41) is 0. The van der Waals surface area contributed by atoms with E-state index in [1.807, 2.05) is 6.92 Å². The Morgan fingerprint density at radius 2 is 1.73 bits per heavy atom. The van der Waals surface area contributed by atoms with Crippen LogP contribution in [0.3, 0.4) is 0 Å². The molecule has 0 spiro atoms. The lowest BCUT2D eigenvalue weighted by Crippen LogP contribution is -2.31. The molecule has 0 aliphatic heterocycles. The molecule has 0 aliphatic carbocycles. The second-order valence-electron chi connectivity index (χ2n) is 2.31. The van der Waals surface area contributed by atoms with Gasteiger partial charge >= 0.3 is 0 Å². The molecule has 0 saturated heterocycles. The van der Waals surface area contributed by atoms with Crippen LogP contribution in [0.5, 0.6) is 0 Å². The van der Waals surface area contributed by atoms with Crippen molar-refractivity contribution in [2.24, 2.45) is 0 Å². The summed E-state index contributed by atoms with van der Waals surface area (Å²) >= 11 is 0. The second-order valence-corrected chi connectivity index (χ2v) is 2.31. The van der Waals surface area contributed by atoms with Gasteiger partial charge < -0.3 is 4.90 Å². The number of amides is 1. The van der Waals surface area contributed by atoms with Crippen LogP contribution in [0.2, 0.25) is 0 Å². The Morgan fingerprint density at radius 3 is 2.00 bits per heavy atom. The van der Waals surface area contributed by atoms with E-state index in [2.05, 4.69) is 0 Å². The van der Waals surface area contributed by atoms with Gasteiger partial charge in [0.15, 0.2) is 0 Å². The summed E-state index contributed by atoms with van der Waals surface area (Å²) in [4.78, 5) is 12.8. The van der Waals surface area contributed by atoms with E-state index in [1.54, 1.807) is 4.90 Å². The van der Waals surface area contributed by atoms with Crippen LogP contribution in [0.25, 0.3) is 0 Å². The van der Waals surface area contributed by atoms with Gasteiger partial charge in [-0.1, -0.05) is 6.92 Å². The predicted molar refractivity (Wildman–Crippen MR) is 44.7 cm³/mol. The number of nitrogens with zero attached hydrogens (tertiary/aromatic N) is 1. The lowest BCUT2D eigenvalue weighted by molar-refractivity contribution is -0.130. The second kappa shape index (κ2) is 6.20. The van der Waals surface area contributed by atoms with Crippen molar-refractivity contribution in [1.82, 2.24) is 4.90 Å². The minimum atomic E-state index is 0.126. The fraction of sp³-hybridized carbons (Fsp3) is 0.667. The van der Waals surface area contributed by atoms with Crippen molar-refractivity contribution in [3.05, 3.63) is 13.8 Å². The first-order valence-electron chi connectivity index (χ1n) is 3.94. The normalized spacial score (nSPS) is 9.73. The zero-order valence-electron chi connectivity index (χ0n) is 7.05. The van der Waals surface area contributed by atoms with Crippen molar-refractivity contribution in [2.45, 2.75) is 26.2 Å². The standard InChI is InChI=1S/C9H15NO/c1-4-7-10(8-5-2)9(11)6-3/h1-2H,4-8H2,3H3. The zero-order chi connectivity index (χ0) is 8.69. The van der Waals surface area contributed by atoms with Crippen LogP contribution in [-0.2, 0) is 4.79 Å². The molecule has 0 atom stereocenters. The molecule has 0 rings (SSSR count). The number of hydrogen-bond donors (Lipinski definition) is 0. The summed E-state index contributed by atoms with van der Waals surface area (Å²) in [6.07, 6.45) is 1.54. The molecular weight excluding hydrogens is 138 g/mol. The molecular formula is C9H15NO. The summed E-state index contributed by atoms with van der Waals surface area (Å²) in [5.74, 6) is 0.126. The molecule has 2 heteroatoms. The summed E-state index contributed by atoms with van der Waals surface area (Å²) in [5.41, 5.74) is 0. The van der Waals surface area contributed by atoms with Gasteiger partial charge in [0.25, 0.3) is 0 Å². The molecule has 11 heavy (non-hydrogen) atoms. The smallest absolute Gasteiger partial charge is 0.222 e. The molecule has 0 saturated carbocycles. The van der Waals surface area contributed by atoms with Crippen molar-refractivity contribution in [1.29, 1.82) is 0 Å². The first-order chi connectivity index (χ1) is 5.26. The fourth-order valence-corrected chi connectivity index (χ4v) is 0.896. The highest BCUT2D eigenvalue weighted by Gasteiger charge is 2.07. The molecule has 4 radical (unpaired) electrons. The Morgan fingerprint density at radius 1 is 1.27 bits per heavy atom. The van der Waals surface area contributed by atoms with E-state index in [0.29, 0.717) is 32.4 Å². The SMILES string of the molecule is [CH]CCN(CC[CH])C(=O)CC. The topological polar surface area (TPSA) is 20.3 Å². The van der Waals surface area contributed by atoms with Gasteiger partial charge in [-0.3, -0.25) is 4.79 Å². The molecule has 0 fully saturated rings. The van der Waals surface area contributed by atoms with Gasteiger partial charge in [0, 0.05) is 19.5 Å². The molecule has 0 aromatic carbocycles. The molecule has 0 unspecified atom stereocenters. The van der Waals surface area contributed by atoms with Crippen LogP contribution < -0.4 is 0 Å². The maximum atomic E-state index is 11.1. The van der Waals surface area contributed by atoms with E-state index in [9.17, 15) is 4.79 Å². The maximum absolute atomic E-state index is 11.1.